The summed E-state index contributed by atoms with van der Waals surface area (Å²) in [5.41, 5.74) is 1.36. The molecule has 3 atom stereocenters. The summed E-state index contributed by atoms with van der Waals surface area (Å²) in [5.74, 6) is -1.45. The molecule has 0 radical (unpaired) electrons. The van der Waals surface area contributed by atoms with Crippen LogP contribution in [0.25, 0.3) is 0 Å². The van der Waals surface area contributed by atoms with E-state index in [2.05, 4.69) is 0 Å². The van der Waals surface area contributed by atoms with Crippen molar-refractivity contribution < 1.29 is 36.3 Å². The maximum atomic E-state index is 12.4. The Labute approximate surface area is 164 Å². The number of aryl methyl sites for hydroxylation is 1. The van der Waals surface area contributed by atoms with Gasteiger partial charge in [-0.15, -0.1) is 0 Å². The zero-order valence-corrected chi connectivity index (χ0v) is 17.0. The van der Waals surface area contributed by atoms with Gasteiger partial charge >= 0.3 is 5.97 Å². The van der Waals surface area contributed by atoms with Crippen LogP contribution in [0.5, 0.6) is 0 Å². The van der Waals surface area contributed by atoms with Crippen molar-refractivity contribution in [3.05, 3.63) is 41.5 Å². The van der Waals surface area contributed by atoms with E-state index in [0.717, 1.165) is 5.56 Å². The van der Waals surface area contributed by atoms with E-state index in [1.807, 2.05) is 6.92 Å². The molecule has 0 aromatic heterocycles. The van der Waals surface area contributed by atoms with E-state index in [-0.39, 0.29) is 18.1 Å². The van der Waals surface area contributed by atoms with Gasteiger partial charge in [-0.2, -0.15) is 8.42 Å². The van der Waals surface area contributed by atoms with Gasteiger partial charge in [0.05, 0.1) is 18.1 Å². The Kier molecular flexibility index (Phi) is 5.92. The molecule has 0 N–H and O–H groups in total. The van der Waals surface area contributed by atoms with Crippen molar-refractivity contribution >= 4 is 16.1 Å². The fraction of sp³-hybridized carbons (Fsp3) is 0.526. The average Bonchev–Trinajstić information content (AvgIpc) is 3.06. The van der Waals surface area contributed by atoms with E-state index in [0.29, 0.717) is 5.57 Å². The fourth-order valence-electron chi connectivity index (χ4n) is 3.03. The zero-order chi connectivity index (χ0) is 20.5. The van der Waals surface area contributed by atoms with E-state index >= 15 is 0 Å². The zero-order valence-electron chi connectivity index (χ0n) is 16.2. The summed E-state index contributed by atoms with van der Waals surface area (Å²) >= 11 is 0. The molecule has 0 saturated carbocycles. The second kappa shape index (κ2) is 7.92. The lowest BCUT2D eigenvalue weighted by molar-refractivity contribution is -0.202. The number of fused-ring (bicyclic) bond motifs is 1. The molecule has 0 aliphatic carbocycles. The molecule has 2 heterocycles. The van der Waals surface area contributed by atoms with Gasteiger partial charge in [0.1, 0.15) is 12.2 Å². The van der Waals surface area contributed by atoms with Crippen LogP contribution in [-0.4, -0.2) is 51.9 Å². The van der Waals surface area contributed by atoms with Crippen molar-refractivity contribution in [2.45, 2.75) is 56.9 Å². The Hall–Kier alpha value is -1.78. The van der Waals surface area contributed by atoms with E-state index in [4.69, 9.17) is 23.1 Å². The number of carbonyl (C=O) groups excluding carboxylic acids is 1. The minimum Gasteiger partial charge on any atom is -0.463 e. The Morgan fingerprint density at radius 1 is 1.21 bits per heavy atom. The molecule has 9 heteroatoms. The molecule has 0 amide bonds. The molecule has 2 fully saturated rings. The lowest BCUT2D eigenvalue weighted by Crippen LogP contribution is -2.28. The monoisotopic (exact) mass is 412 g/mol. The van der Waals surface area contributed by atoms with Crippen LogP contribution in [-0.2, 0) is 38.0 Å². The highest BCUT2D eigenvalue weighted by Gasteiger charge is 2.52. The normalized spacial score (nSPS) is 27.7. The first-order valence-electron chi connectivity index (χ1n) is 8.97. The highest BCUT2D eigenvalue weighted by atomic mass is 32.2. The standard InChI is InChI=1S/C19H24O8S/c1-5-23-16(20)10-14-15(25-18-17(14)26-19(3,4)27-18)11-24-28(21,22)13-8-6-12(2)7-9-13/h6-10,15,17-18H,5,11H2,1-4H3/b14-10-/t15-,17-,18-/m1/s1. The third kappa shape index (κ3) is 4.61. The Morgan fingerprint density at radius 3 is 2.54 bits per heavy atom. The second-order valence-electron chi connectivity index (χ2n) is 7.00. The first-order valence-corrected chi connectivity index (χ1v) is 10.4. The largest absolute Gasteiger partial charge is 0.463 e. The number of carbonyl (C=O) groups is 1. The van der Waals surface area contributed by atoms with Gasteiger partial charge in [-0.3, -0.25) is 4.18 Å². The van der Waals surface area contributed by atoms with E-state index in [9.17, 15) is 13.2 Å². The van der Waals surface area contributed by atoms with Crippen molar-refractivity contribution in [1.29, 1.82) is 0 Å². The van der Waals surface area contributed by atoms with Gasteiger partial charge in [-0.1, -0.05) is 17.7 Å². The quantitative estimate of drug-likeness (QED) is 0.398. The van der Waals surface area contributed by atoms with Crippen LogP contribution >= 0.6 is 0 Å². The Bertz CT molecular complexity index is 856. The van der Waals surface area contributed by atoms with Gasteiger partial charge in [0.2, 0.25) is 0 Å². The van der Waals surface area contributed by atoms with Crippen LogP contribution in [0.15, 0.2) is 40.8 Å². The van der Waals surface area contributed by atoms with Crippen molar-refractivity contribution in [2.75, 3.05) is 13.2 Å². The van der Waals surface area contributed by atoms with Gasteiger partial charge in [0.25, 0.3) is 10.1 Å². The maximum Gasteiger partial charge on any atom is 0.330 e. The SMILES string of the molecule is CCOC(=O)/C=C1\[C@H]2OC(C)(C)O[C@H]2O[C@@H]1COS(=O)(=O)c1ccc(C)cc1. The van der Waals surface area contributed by atoms with Gasteiger partial charge in [0.15, 0.2) is 12.1 Å². The molecule has 8 nitrogen and oxygen atoms in total. The van der Waals surface area contributed by atoms with Crippen molar-refractivity contribution in [3.63, 3.8) is 0 Å². The summed E-state index contributed by atoms with van der Waals surface area (Å²) in [4.78, 5) is 12.0. The third-order valence-electron chi connectivity index (χ3n) is 4.31. The lowest BCUT2D eigenvalue weighted by atomic mass is 10.1. The minimum atomic E-state index is -3.98. The van der Waals surface area contributed by atoms with Crippen LogP contribution in [0.2, 0.25) is 0 Å². The molecule has 3 rings (SSSR count). The summed E-state index contributed by atoms with van der Waals surface area (Å²) in [7, 11) is -3.98. The number of rotatable bonds is 6. The number of esters is 1. The molecule has 1 aromatic carbocycles. The van der Waals surface area contributed by atoms with Gasteiger partial charge in [-0.05, 0) is 39.8 Å². The first-order chi connectivity index (χ1) is 13.1. The first kappa shape index (κ1) is 20.9. The van der Waals surface area contributed by atoms with E-state index in [1.54, 1.807) is 32.9 Å². The van der Waals surface area contributed by atoms with Crippen molar-refractivity contribution in [2.24, 2.45) is 0 Å². The summed E-state index contributed by atoms with van der Waals surface area (Å²) in [6, 6.07) is 6.31. The number of hydrogen-bond donors (Lipinski definition) is 0. The molecule has 0 bridgehead atoms. The molecule has 0 unspecified atom stereocenters. The third-order valence-corrected chi connectivity index (χ3v) is 5.61. The molecule has 154 valence electrons. The molecule has 2 saturated heterocycles. The van der Waals surface area contributed by atoms with E-state index < -0.39 is 40.4 Å². The summed E-state index contributed by atoms with van der Waals surface area (Å²) in [6.07, 6.45) is -0.969. The molecular formula is C19H24O8S. The van der Waals surface area contributed by atoms with Crippen LogP contribution in [0.3, 0.4) is 0 Å². The number of ether oxygens (including phenoxy) is 4. The van der Waals surface area contributed by atoms with Crippen LogP contribution < -0.4 is 0 Å². The maximum absolute atomic E-state index is 12.4. The van der Waals surface area contributed by atoms with Gasteiger partial charge in [-0.25, -0.2) is 4.79 Å². The molecule has 28 heavy (non-hydrogen) atoms. The van der Waals surface area contributed by atoms with Crippen LogP contribution in [0.4, 0.5) is 0 Å². The van der Waals surface area contributed by atoms with E-state index in [1.165, 1.54) is 18.2 Å². The predicted octanol–water partition coefficient (Wildman–Crippen LogP) is 2.07. The summed E-state index contributed by atoms with van der Waals surface area (Å²) in [5, 5.41) is 0. The smallest absolute Gasteiger partial charge is 0.330 e. The average molecular weight is 412 g/mol. The Morgan fingerprint density at radius 2 is 1.89 bits per heavy atom. The van der Waals surface area contributed by atoms with Crippen molar-refractivity contribution in [3.8, 4) is 0 Å². The molecule has 0 spiro atoms. The molecular weight excluding hydrogens is 388 g/mol. The predicted molar refractivity (Wildman–Crippen MR) is 97.7 cm³/mol. The fourth-order valence-corrected chi connectivity index (χ4v) is 3.94. The highest BCUT2D eigenvalue weighted by molar-refractivity contribution is 7.86. The molecule has 2 aliphatic rings. The lowest BCUT2D eigenvalue weighted by Gasteiger charge is -2.21. The number of hydrogen-bond acceptors (Lipinski definition) is 8. The summed E-state index contributed by atoms with van der Waals surface area (Å²) in [6.45, 7) is 6.90. The van der Waals surface area contributed by atoms with Crippen molar-refractivity contribution in [1.82, 2.24) is 0 Å². The molecule has 1 aromatic rings. The topological polar surface area (TPSA) is 97.4 Å². The van der Waals surface area contributed by atoms with Crippen LogP contribution in [0.1, 0.15) is 26.3 Å². The minimum absolute atomic E-state index is 0.0425. The number of benzene rings is 1. The van der Waals surface area contributed by atoms with Gasteiger partial charge in [0, 0.05) is 11.6 Å². The van der Waals surface area contributed by atoms with Gasteiger partial charge < -0.3 is 18.9 Å². The second-order valence-corrected chi connectivity index (χ2v) is 8.61. The summed E-state index contributed by atoms with van der Waals surface area (Å²) < 4.78 is 52.2. The molecule has 2 aliphatic heterocycles. The highest BCUT2D eigenvalue weighted by Crippen LogP contribution is 2.40. The van der Waals surface area contributed by atoms with Crippen LogP contribution in [0, 0.1) is 6.92 Å². The Balaban J connectivity index is 1.76.